The minimum absolute atomic E-state index is 0.137. The number of ether oxygens (including phenoxy) is 1. The van der Waals surface area contributed by atoms with E-state index in [1.54, 1.807) is 31.2 Å². The van der Waals surface area contributed by atoms with Gasteiger partial charge in [0.2, 0.25) is 0 Å². The van der Waals surface area contributed by atoms with Crippen LogP contribution in [0.3, 0.4) is 0 Å². The Morgan fingerprint density at radius 2 is 1.44 bits per heavy atom. The minimum Gasteiger partial charge on any atom is -0.482 e. The lowest BCUT2D eigenvalue weighted by atomic mass is 9.95. The third-order valence-electron chi connectivity index (χ3n) is 5.04. The predicted octanol–water partition coefficient (Wildman–Crippen LogP) is 7.72. The molecule has 0 heterocycles. The van der Waals surface area contributed by atoms with Gasteiger partial charge in [0.05, 0.1) is 11.1 Å². The maximum Gasteiger partial charge on any atom is 0.416 e. The third kappa shape index (κ3) is 7.30. The maximum absolute atomic E-state index is 13.3. The highest BCUT2D eigenvalue weighted by molar-refractivity contribution is 7.99. The first kappa shape index (κ1) is 27.2. The van der Waals surface area contributed by atoms with Crippen LogP contribution in [0.4, 0.5) is 26.3 Å². The molecule has 3 aromatic rings. The molecule has 0 spiro atoms. The number of aryl methyl sites for hydroxylation is 1. The van der Waals surface area contributed by atoms with Crippen molar-refractivity contribution in [1.29, 1.82) is 0 Å². The summed E-state index contributed by atoms with van der Waals surface area (Å²) in [7, 11) is 0. The summed E-state index contributed by atoms with van der Waals surface area (Å²) in [6, 6.07) is 13.9. The predicted molar refractivity (Wildman–Crippen MR) is 125 cm³/mol. The first-order valence-corrected chi connectivity index (χ1v) is 11.5. The topological polar surface area (TPSA) is 46.5 Å². The fraction of sp³-hybridized carbons (Fsp3) is 0.192. The van der Waals surface area contributed by atoms with Gasteiger partial charge in [-0.2, -0.15) is 26.3 Å². The number of hydrogen-bond acceptors (Lipinski definition) is 3. The lowest BCUT2D eigenvalue weighted by Crippen LogP contribution is -2.09. The van der Waals surface area contributed by atoms with Crippen LogP contribution in [0.2, 0.25) is 0 Å². The number of carboxylic acid groups (broad SMARTS) is 1. The molecular weight excluding hydrogens is 506 g/mol. The zero-order chi connectivity index (χ0) is 26.5. The number of aliphatic carboxylic acids is 1. The standard InChI is InChI=1S/C26H20F6O3S/c1-16-12-21(8-9-23(16)35-15-24(33)34)36-11-10-22(17-4-2-6-19(13-17)25(27,28)29)18-5-3-7-20(14-18)26(30,31)32/h2-10,12-14H,11,15H2,1H3,(H,33,34). The van der Waals surface area contributed by atoms with Crippen LogP contribution < -0.4 is 4.74 Å². The van der Waals surface area contributed by atoms with Crippen molar-refractivity contribution in [1.82, 2.24) is 0 Å². The number of benzene rings is 3. The van der Waals surface area contributed by atoms with E-state index in [1.807, 2.05) is 0 Å². The van der Waals surface area contributed by atoms with Crippen LogP contribution in [0.1, 0.15) is 27.8 Å². The Labute approximate surface area is 207 Å². The van der Waals surface area contributed by atoms with E-state index in [1.165, 1.54) is 36.0 Å². The molecule has 0 saturated carbocycles. The first-order valence-electron chi connectivity index (χ1n) is 10.5. The summed E-state index contributed by atoms with van der Waals surface area (Å²) < 4.78 is 84.9. The molecule has 0 bridgehead atoms. The SMILES string of the molecule is Cc1cc(SCC=C(c2cccc(C(F)(F)F)c2)c2cccc(C(F)(F)F)c2)ccc1OCC(=O)O. The molecule has 190 valence electrons. The van der Waals surface area contributed by atoms with Crippen LogP contribution in [0.25, 0.3) is 5.57 Å². The number of rotatable bonds is 8. The van der Waals surface area contributed by atoms with Gasteiger partial charge >= 0.3 is 18.3 Å². The van der Waals surface area contributed by atoms with Gasteiger partial charge in [0.25, 0.3) is 0 Å². The number of alkyl halides is 6. The molecule has 3 aromatic carbocycles. The van der Waals surface area contributed by atoms with E-state index in [2.05, 4.69) is 0 Å². The molecule has 1 N–H and O–H groups in total. The Morgan fingerprint density at radius 3 is 1.92 bits per heavy atom. The van der Waals surface area contributed by atoms with Gasteiger partial charge in [0.15, 0.2) is 6.61 Å². The zero-order valence-corrected chi connectivity index (χ0v) is 19.6. The van der Waals surface area contributed by atoms with E-state index in [0.717, 1.165) is 29.2 Å². The molecule has 0 radical (unpaired) electrons. The summed E-state index contributed by atoms with van der Waals surface area (Å²) >= 11 is 1.31. The summed E-state index contributed by atoms with van der Waals surface area (Å²) in [5.74, 6) is -0.475. The molecule has 0 aliphatic heterocycles. The second kappa shape index (κ2) is 11.1. The van der Waals surface area contributed by atoms with E-state index < -0.39 is 36.1 Å². The molecule has 0 atom stereocenters. The van der Waals surface area contributed by atoms with Crippen LogP contribution >= 0.6 is 11.8 Å². The number of carboxylic acids is 1. The average Bonchev–Trinajstić information content (AvgIpc) is 2.80. The molecule has 0 saturated heterocycles. The van der Waals surface area contributed by atoms with Gasteiger partial charge in [-0.3, -0.25) is 0 Å². The summed E-state index contributed by atoms with van der Waals surface area (Å²) in [6.07, 6.45) is -7.63. The van der Waals surface area contributed by atoms with Crippen molar-refractivity contribution < 1.29 is 41.0 Å². The van der Waals surface area contributed by atoms with Crippen LogP contribution in [-0.2, 0) is 17.1 Å². The lowest BCUT2D eigenvalue weighted by Gasteiger charge is -2.14. The lowest BCUT2D eigenvalue weighted by molar-refractivity contribution is -0.139. The van der Waals surface area contributed by atoms with Crippen LogP contribution in [-0.4, -0.2) is 23.4 Å². The molecule has 0 aromatic heterocycles. The molecular formula is C26H20F6O3S. The quantitative estimate of drug-likeness (QED) is 0.241. The van der Waals surface area contributed by atoms with Crippen molar-refractivity contribution in [2.24, 2.45) is 0 Å². The second-order valence-corrected chi connectivity index (χ2v) is 8.79. The Bertz CT molecular complexity index is 1210. The van der Waals surface area contributed by atoms with E-state index in [-0.39, 0.29) is 22.5 Å². The second-order valence-electron chi connectivity index (χ2n) is 7.70. The number of carbonyl (C=O) groups is 1. The molecule has 0 unspecified atom stereocenters. The van der Waals surface area contributed by atoms with E-state index in [0.29, 0.717) is 11.3 Å². The monoisotopic (exact) mass is 526 g/mol. The summed E-state index contributed by atoms with van der Waals surface area (Å²) in [5.41, 5.74) is -0.619. The average molecular weight is 526 g/mol. The van der Waals surface area contributed by atoms with Crippen molar-refractivity contribution in [2.75, 3.05) is 12.4 Å². The molecule has 0 fully saturated rings. The largest absolute Gasteiger partial charge is 0.482 e. The number of hydrogen-bond donors (Lipinski definition) is 1. The molecule has 3 rings (SSSR count). The van der Waals surface area contributed by atoms with Gasteiger partial charge in [-0.25, -0.2) is 4.79 Å². The van der Waals surface area contributed by atoms with Gasteiger partial charge in [0, 0.05) is 10.6 Å². The fourth-order valence-electron chi connectivity index (χ4n) is 3.36. The number of thioether (sulfide) groups is 1. The maximum atomic E-state index is 13.3. The highest BCUT2D eigenvalue weighted by Crippen LogP contribution is 2.36. The summed E-state index contributed by atoms with van der Waals surface area (Å²) in [4.78, 5) is 11.4. The van der Waals surface area contributed by atoms with E-state index in [9.17, 15) is 31.1 Å². The van der Waals surface area contributed by atoms with Crippen molar-refractivity contribution in [3.63, 3.8) is 0 Å². The third-order valence-corrected chi connectivity index (χ3v) is 5.96. The van der Waals surface area contributed by atoms with E-state index in [4.69, 9.17) is 9.84 Å². The molecule has 36 heavy (non-hydrogen) atoms. The van der Waals surface area contributed by atoms with Gasteiger partial charge in [-0.1, -0.05) is 30.3 Å². The molecule has 0 aliphatic carbocycles. The Kier molecular flexibility index (Phi) is 8.39. The van der Waals surface area contributed by atoms with Crippen molar-refractivity contribution in [3.05, 3.63) is 101 Å². The highest BCUT2D eigenvalue weighted by atomic mass is 32.2. The smallest absolute Gasteiger partial charge is 0.416 e. The molecule has 3 nitrogen and oxygen atoms in total. The molecule has 10 heteroatoms. The first-order chi connectivity index (χ1) is 16.8. The molecule has 0 aliphatic rings. The van der Waals surface area contributed by atoms with Gasteiger partial charge < -0.3 is 9.84 Å². The molecule has 0 amide bonds. The van der Waals surface area contributed by atoms with Crippen LogP contribution in [0.5, 0.6) is 5.75 Å². The fourth-order valence-corrected chi connectivity index (χ4v) is 4.23. The Hall–Kier alpha value is -3.40. The van der Waals surface area contributed by atoms with Crippen LogP contribution in [0.15, 0.2) is 77.7 Å². The zero-order valence-electron chi connectivity index (χ0n) is 18.8. The van der Waals surface area contributed by atoms with Gasteiger partial charge in [-0.05, 0) is 71.7 Å². The minimum atomic E-state index is -4.61. The highest BCUT2D eigenvalue weighted by Gasteiger charge is 2.32. The number of halogens is 6. The Morgan fingerprint density at radius 1 is 0.889 bits per heavy atom. The summed E-state index contributed by atoms with van der Waals surface area (Å²) in [6.45, 7) is 1.24. The van der Waals surface area contributed by atoms with Gasteiger partial charge in [0.1, 0.15) is 5.75 Å². The van der Waals surface area contributed by atoms with Crippen molar-refractivity contribution in [3.8, 4) is 5.75 Å². The van der Waals surface area contributed by atoms with E-state index >= 15 is 0 Å². The normalized spacial score (nSPS) is 11.8. The summed E-state index contributed by atoms with van der Waals surface area (Å²) in [5, 5.41) is 8.74. The van der Waals surface area contributed by atoms with Crippen LogP contribution in [0, 0.1) is 6.92 Å². The van der Waals surface area contributed by atoms with Crippen molar-refractivity contribution >= 4 is 23.3 Å². The Balaban J connectivity index is 1.93. The van der Waals surface area contributed by atoms with Crippen molar-refractivity contribution in [2.45, 2.75) is 24.2 Å². The van der Waals surface area contributed by atoms with Gasteiger partial charge in [-0.15, -0.1) is 11.8 Å².